The smallest absolute Gasteiger partial charge is 0.180 e. The van der Waals surface area contributed by atoms with Crippen LogP contribution in [0, 0.1) is 23.0 Å². The van der Waals surface area contributed by atoms with Gasteiger partial charge in [-0.25, -0.2) is 8.78 Å². The van der Waals surface area contributed by atoms with Crippen molar-refractivity contribution in [1.82, 2.24) is 0 Å². The second-order valence-electron chi connectivity index (χ2n) is 6.10. The number of ether oxygens (including phenoxy) is 2. The normalized spacial score (nSPS) is 11.1. The molecular formula is C23H16ClF2NO2. The molecule has 0 aromatic heterocycles. The average molecular weight is 412 g/mol. The first kappa shape index (κ1) is 20.4. The van der Waals surface area contributed by atoms with Crippen molar-refractivity contribution in [3.05, 3.63) is 94.0 Å². The molecule has 0 radical (unpaired) electrons. The monoisotopic (exact) mass is 411 g/mol. The van der Waals surface area contributed by atoms with E-state index in [1.807, 2.05) is 6.07 Å². The Labute approximate surface area is 172 Å². The molecule has 0 fully saturated rings. The molecule has 6 heteroatoms. The molecule has 0 saturated heterocycles. The van der Waals surface area contributed by atoms with Crippen LogP contribution in [0.15, 0.2) is 60.7 Å². The van der Waals surface area contributed by atoms with Gasteiger partial charge in [-0.05, 0) is 47.5 Å². The lowest BCUT2D eigenvalue weighted by Crippen LogP contribution is -1.99. The van der Waals surface area contributed by atoms with Gasteiger partial charge >= 0.3 is 0 Å². The molecule has 0 bridgehead atoms. The Kier molecular flexibility index (Phi) is 6.48. The van der Waals surface area contributed by atoms with E-state index in [0.29, 0.717) is 17.1 Å². The van der Waals surface area contributed by atoms with E-state index in [9.17, 15) is 14.0 Å². The number of rotatable bonds is 6. The molecule has 0 aliphatic heterocycles. The van der Waals surface area contributed by atoms with Gasteiger partial charge in [-0.15, -0.1) is 0 Å². The molecule has 0 saturated carbocycles. The maximum atomic E-state index is 14.0. The third-order valence-corrected chi connectivity index (χ3v) is 4.42. The molecule has 0 N–H and O–H groups in total. The Bertz CT molecular complexity index is 1090. The van der Waals surface area contributed by atoms with Crippen molar-refractivity contribution in [1.29, 1.82) is 5.26 Å². The van der Waals surface area contributed by atoms with Crippen molar-refractivity contribution in [2.24, 2.45) is 0 Å². The lowest BCUT2D eigenvalue weighted by molar-refractivity contribution is 0.284. The third-order valence-electron chi connectivity index (χ3n) is 4.14. The highest BCUT2D eigenvalue weighted by Crippen LogP contribution is 2.38. The van der Waals surface area contributed by atoms with E-state index in [-0.39, 0.29) is 28.6 Å². The van der Waals surface area contributed by atoms with Crippen molar-refractivity contribution in [3.8, 4) is 17.6 Å². The predicted molar refractivity (Wildman–Crippen MR) is 109 cm³/mol. The number of hydrogen-bond donors (Lipinski definition) is 0. The second kappa shape index (κ2) is 9.22. The minimum absolute atomic E-state index is 0.154. The van der Waals surface area contributed by atoms with Crippen molar-refractivity contribution in [3.63, 3.8) is 0 Å². The number of benzene rings is 3. The molecule has 0 heterocycles. The SMILES string of the molecule is COc1cc(C=C(C#N)c2ccccc2F)cc(Cl)c1OCc1ccc(F)cc1. The number of methoxy groups -OCH3 is 1. The van der Waals surface area contributed by atoms with E-state index in [1.54, 1.807) is 36.4 Å². The van der Waals surface area contributed by atoms with Gasteiger partial charge in [-0.3, -0.25) is 0 Å². The molecule has 3 nitrogen and oxygen atoms in total. The Morgan fingerprint density at radius 1 is 1.10 bits per heavy atom. The molecular weight excluding hydrogens is 396 g/mol. The van der Waals surface area contributed by atoms with Crippen LogP contribution in [0.1, 0.15) is 16.7 Å². The summed E-state index contributed by atoms with van der Waals surface area (Å²) < 4.78 is 38.2. The summed E-state index contributed by atoms with van der Waals surface area (Å²) in [5.74, 6) is -0.141. The van der Waals surface area contributed by atoms with Gasteiger partial charge in [-0.2, -0.15) is 5.26 Å². The summed E-state index contributed by atoms with van der Waals surface area (Å²) in [7, 11) is 1.46. The maximum absolute atomic E-state index is 14.0. The Morgan fingerprint density at radius 2 is 1.83 bits per heavy atom. The summed E-state index contributed by atoms with van der Waals surface area (Å²) in [6.07, 6.45) is 1.52. The van der Waals surface area contributed by atoms with Gasteiger partial charge in [0, 0.05) is 5.56 Å². The molecule has 3 aromatic carbocycles. The maximum Gasteiger partial charge on any atom is 0.180 e. The first-order valence-corrected chi connectivity index (χ1v) is 9.01. The summed E-state index contributed by atoms with van der Waals surface area (Å²) in [5, 5.41) is 9.71. The zero-order valence-electron chi connectivity index (χ0n) is 15.5. The van der Waals surface area contributed by atoms with Crippen LogP contribution in [-0.4, -0.2) is 7.11 Å². The molecule has 3 aromatic rings. The van der Waals surface area contributed by atoms with Gasteiger partial charge in [-0.1, -0.05) is 41.9 Å². The minimum atomic E-state index is -0.488. The zero-order chi connectivity index (χ0) is 20.8. The van der Waals surface area contributed by atoms with E-state index >= 15 is 0 Å². The van der Waals surface area contributed by atoms with Crippen LogP contribution in [0.3, 0.4) is 0 Å². The molecule has 0 unspecified atom stereocenters. The number of hydrogen-bond acceptors (Lipinski definition) is 3. The Balaban J connectivity index is 1.90. The number of nitrogens with zero attached hydrogens (tertiary/aromatic N) is 1. The van der Waals surface area contributed by atoms with Crippen LogP contribution < -0.4 is 9.47 Å². The van der Waals surface area contributed by atoms with Crippen LogP contribution in [0.5, 0.6) is 11.5 Å². The van der Waals surface area contributed by atoms with Crippen LogP contribution in [-0.2, 0) is 6.61 Å². The predicted octanol–water partition coefficient (Wildman–Crippen LogP) is 6.27. The molecule has 0 spiro atoms. The average Bonchev–Trinajstić information content (AvgIpc) is 2.72. The van der Waals surface area contributed by atoms with Crippen LogP contribution in [0.2, 0.25) is 5.02 Å². The highest BCUT2D eigenvalue weighted by molar-refractivity contribution is 6.32. The summed E-state index contributed by atoms with van der Waals surface area (Å²) in [6, 6.07) is 17.2. The quantitative estimate of drug-likeness (QED) is 0.354. The molecule has 146 valence electrons. The molecule has 3 rings (SSSR count). The highest BCUT2D eigenvalue weighted by atomic mass is 35.5. The van der Waals surface area contributed by atoms with E-state index in [1.165, 1.54) is 37.5 Å². The molecule has 0 amide bonds. The lowest BCUT2D eigenvalue weighted by atomic mass is 10.0. The van der Waals surface area contributed by atoms with Crippen molar-refractivity contribution in [2.75, 3.05) is 7.11 Å². The first-order valence-electron chi connectivity index (χ1n) is 8.63. The Morgan fingerprint density at radius 3 is 2.48 bits per heavy atom. The van der Waals surface area contributed by atoms with Gasteiger partial charge in [0.15, 0.2) is 11.5 Å². The highest BCUT2D eigenvalue weighted by Gasteiger charge is 2.13. The van der Waals surface area contributed by atoms with Gasteiger partial charge in [0.25, 0.3) is 0 Å². The lowest BCUT2D eigenvalue weighted by Gasteiger charge is -2.14. The number of nitriles is 1. The van der Waals surface area contributed by atoms with Crippen LogP contribution in [0.25, 0.3) is 11.6 Å². The number of halogens is 3. The van der Waals surface area contributed by atoms with Crippen molar-refractivity contribution >= 4 is 23.3 Å². The van der Waals surface area contributed by atoms with Crippen molar-refractivity contribution in [2.45, 2.75) is 6.61 Å². The molecule has 0 aliphatic carbocycles. The molecule has 0 aliphatic rings. The fourth-order valence-electron chi connectivity index (χ4n) is 2.72. The van der Waals surface area contributed by atoms with E-state index < -0.39 is 5.82 Å². The van der Waals surface area contributed by atoms with Gasteiger partial charge in [0.2, 0.25) is 0 Å². The molecule has 29 heavy (non-hydrogen) atoms. The van der Waals surface area contributed by atoms with Crippen LogP contribution in [0.4, 0.5) is 8.78 Å². The standard InChI is InChI=1S/C23H16ClF2NO2/c1-28-22-12-16(10-17(13-27)19-4-2-3-5-21(19)26)11-20(24)23(22)29-14-15-6-8-18(25)9-7-15/h2-12H,14H2,1H3. The molecule has 0 atom stereocenters. The topological polar surface area (TPSA) is 42.2 Å². The first-order chi connectivity index (χ1) is 14.0. The summed E-state index contributed by atoms with van der Waals surface area (Å²) in [4.78, 5) is 0. The second-order valence-corrected chi connectivity index (χ2v) is 6.51. The summed E-state index contributed by atoms with van der Waals surface area (Å²) in [5.41, 5.74) is 1.67. The van der Waals surface area contributed by atoms with E-state index in [2.05, 4.69) is 0 Å². The van der Waals surface area contributed by atoms with Crippen molar-refractivity contribution < 1.29 is 18.3 Å². The van der Waals surface area contributed by atoms with E-state index in [4.69, 9.17) is 21.1 Å². The van der Waals surface area contributed by atoms with Gasteiger partial charge < -0.3 is 9.47 Å². The van der Waals surface area contributed by atoms with E-state index in [0.717, 1.165) is 5.56 Å². The zero-order valence-corrected chi connectivity index (χ0v) is 16.2. The number of allylic oxidation sites excluding steroid dienone is 1. The van der Waals surface area contributed by atoms with Gasteiger partial charge in [0.1, 0.15) is 18.2 Å². The fourth-order valence-corrected chi connectivity index (χ4v) is 2.99. The fraction of sp³-hybridized carbons (Fsp3) is 0.0870. The largest absolute Gasteiger partial charge is 0.493 e. The summed E-state index contributed by atoms with van der Waals surface area (Å²) in [6.45, 7) is 0.171. The van der Waals surface area contributed by atoms with Crippen LogP contribution >= 0.6 is 11.6 Å². The Hall–Kier alpha value is -3.36. The minimum Gasteiger partial charge on any atom is -0.493 e. The third kappa shape index (κ3) is 4.92. The summed E-state index contributed by atoms with van der Waals surface area (Å²) >= 11 is 6.36. The van der Waals surface area contributed by atoms with Gasteiger partial charge in [0.05, 0.1) is 23.8 Å².